The lowest BCUT2D eigenvalue weighted by Crippen LogP contribution is -1.88. The van der Waals surface area contributed by atoms with Crippen LogP contribution in [0.4, 0.5) is 0 Å². The van der Waals surface area contributed by atoms with E-state index in [0.29, 0.717) is 6.10 Å². The maximum Gasteiger partial charge on any atom is 0.115 e. The zero-order valence-corrected chi connectivity index (χ0v) is 11.3. The molecule has 1 nitrogen and oxygen atoms in total. The zero-order valence-electron chi connectivity index (χ0n) is 11.3. The molecule has 2 aliphatic rings. The van der Waals surface area contributed by atoms with Crippen molar-refractivity contribution in [3.05, 3.63) is 71.8 Å². The third kappa shape index (κ3) is 1.13. The molecular formula is C20H12O. The van der Waals surface area contributed by atoms with Gasteiger partial charge in [-0.2, -0.15) is 0 Å². The van der Waals surface area contributed by atoms with Gasteiger partial charge in [0.05, 0.1) is 0 Å². The molecular weight excluding hydrogens is 256 g/mol. The highest BCUT2D eigenvalue weighted by molar-refractivity contribution is 6.15. The monoisotopic (exact) mass is 268 g/mol. The van der Waals surface area contributed by atoms with E-state index in [0.717, 1.165) is 0 Å². The van der Waals surface area contributed by atoms with Crippen LogP contribution in [-0.4, -0.2) is 0 Å². The van der Waals surface area contributed by atoms with Gasteiger partial charge in [0.15, 0.2) is 0 Å². The second-order valence-corrected chi connectivity index (χ2v) is 6.09. The molecule has 0 spiro atoms. The summed E-state index contributed by atoms with van der Waals surface area (Å²) in [5.41, 5.74) is 2.79. The first-order valence-corrected chi connectivity index (χ1v) is 7.44. The van der Waals surface area contributed by atoms with Gasteiger partial charge in [0, 0.05) is 0 Å². The molecule has 0 amide bonds. The van der Waals surface area contributed by atoms with Crippen LogP contribution in [0.25, 0.3) is 32.3 Å². The summed E-state index contributed by atoms with van der Waals surface area (Å²) in [6, 6.07) is 22.1. The molecule has 0 bridgehead atoms. The summed E-state index contributed by atoms with van der Waals surface area (Å²) >= 11 is 0. The van der Waals surface area contributed by atoms with Crippen LogP contribution >= 0.6 is 0 Å². The largest absolute Gasteiger partial charge is 0.359 e. The summed E-state index contributed by atoms with van der Waals surface area (Å²) in [5.74, 6) is 0. The molecule has 2 atom stereocenters. The standard InChI is InChI=1S/C20H12O/c1-2-6-13-11(4-1)8-9-14-16(13)10-12-5-3-7-15-17(12)18(14)20-19(15)21-20/h1-10,19-20H/t19-,20+/m0/s1. The van der Waals surface area contributed by atoms with Crippen LogP contribution in [0.5, 0.6) is 0 Å². The molecule has 1 aliphatic heterocycles. The molecule has 0 saturated carbocycles. The van der Waals surface area contributed by atoms with E-state index in [1.54, 1.807) is 0 Å². The van der Waals surface area contributed by atoms with Crippen molar-refractivity contribution in [3.8, 4) is 0 Å². The summed E-state index contributed by atoms with van der Waals surface area (Å²) in [6.07, 6.45) is 0.593. The fraction of sp³-hybridized carbons (Fsp3) is 0.100. The Hall–Kier alpha value is -2.38. The van der Waals surface area contributed by atoms with Gasteiger partial charge in [-0.1, -0.05) is 54.6 Å². The normalized spacial score (nSPS) is 22.1. The Labute approximate surface area is 121 Å². The third-order valence-corrected chi connectivity index (χ3v) is 5.04. The first kappa shape index (κ1) is 10.4. The first-order valence-electron chi connectivity index (χ1n) is 7.44. The second-order valence-electron chi connectivity index (χ2n) is 6.09. The average molecular weight is 268 g/mol. The predicted molar refractivity (Wildman–Crippen MR) is 85.5 cm³/mol. The number of benzene rings is 4. The Bertz CT molecular complexity index is 1080. The van der Waals surface area contributed by atoms with Crippen molar-refractivity contribution in [2.24, 2.45) is 0 Å². The molecule has 98 valence electrons. The van der Waals surface area contributed by atoms with Crippen molar-refractivity contribution in [1.82, 2.24) is 0 Å². The molecule has 21 heavy (non-hydrogen) atoms. The minimum atomic E-state index is 0.287. The van der Waals surface area contributed by atoms with Crippen LogP contribution < -0.4 is 0 Å². The predicted octanol–water partition coefficient (Wildman–Crippen LogP) is 5.27. The van der Waals surface area contributed by atoms with E-state index in [2.05, 4.69) is 60.7 Å². The van der Waals surface area contributed by atoms with E-state index < -0.39 is 0 Å². The molecule has 4 aromatic carbocycles. The molecule has 0 N–H and O–H groups in total. The highest BCUT2D eigenvalue weighted by Gasteiger charge is 2.49. The zero-order chi connectivity index (χ0) is 13.6. The van der Waals surface area contributed by atoms with Gasteiger partial charge in [-0.25, -0.2) is 0 Å². The fourth-order valence-electron chi connectivity index (χ4n) is 4.10. The lowest BCUT2D eigenvalue weighted by molar-refractivity contribution is 0.375. The second kappa shape index (κ2) is 3.26. The van der Waals surface area contributed by atoms with Gasteiger partial charge in [0.2, 0.25) is 0 Å². The summed E-state index contributed by atoms with van der Waals surface area (Å²) in [4.78, 5) is 0. The summed E-state index contributed by atoms with van der Waals surface area (Å²) in [6.45, 7) is 0. The Morgan fingerprint density at radius 2 is 1.57 bits per heavy atom. The van der Waals surface area contributed by atoms with Crippen molar-refractivity contribution >= 4 is 32.3 Å². The number of fused-ring (bicyclic) bond motifs is 7. The summed E-state index contributed by atoms with van der Waals surface area (Å²) < 4.78 is 5.89. The van der Waals surface area contributed by atoms with Crippen LogP contribution in [0.3, 0.4) is 0 Å². The maximum absolute atomic E-state index is 5.89. The van der Waals surface area contributed by atoms with Crippen molar-refractivity contribution < 1.29 is 4.74 Å². The minimum Gasteiger partial charge on any atom is -0.359 e. The van der Waals surface area contributed by atoms with Crippen molar-refractivity contribution in [1.29, 1.82) is 0 Å². The van der Waals surface area contributed by atoms with E-state index in [1.807, 2.05) is 0 Å². The van der Waals surface area contributed by atoms with E-state index >= 15 is 0 Å². The van der Waals surface area contributed by atoms with Gasteiger partial charge in [0.25, 0.3) is 0 Å². The Kier molecular flexibility index (Phi) is 1.61. The van der Waals surface area contributed by atoms with Crippen molar-refractivity contribution in [3.63, 3.8) is 0 Å². The number of hydrogen-bond donors (Lipinski definition) is 0. The average Bonchev–Trinajstić information content (AvgIpc) is 3.26. The van der Waals surface area contributed by atoms with Gasteiger partial charge >= 0.3 is 0 Å². The lowest BCUT2D eigenvalue weighted by Gasteiger charge is -2.11. The molecule has 1 fully saturated rings. The maximum atomic E-state index is 5.89. The molecule has 0 radical (unpaired) electrons. The highest BCUT2D eigenvalue weighted by Crippen LogP contribution is 2.62. The van der Waals surface area contributed by atoms with Gasteiger partial charge in [-0.05, 0) is 49.5 Å². The van der Waals surface area contributed by atoms with Crippen LogP contribution in [-0.2, 0) is 4.74 Å². The minimum absolute atomic E-state index is 0.287. The Balaban J connectivity index is 1.93. The van der Waals surface area contributed by atoms with Crippen LogP contribution in [0.2, 0.25) is 0 Å². The molecule has 1 aliphatic carbocycles. The quantitative estimate of drug-likeness (QED) is 0.240. The summed E-state index contributed by atoms with van der Waals surface area (Å²) in [7, 11) is 0. The lowest BCUT2D eigenvalue weighted by atomic mass is 9.94. The van der Waals surface area contributed by atoms with E-state index in [9.17, 15) is 0 Å². The number of hydrogen-bond acceptors (Lipinski definition) is 1. The number of epoxide rings is 1. The third-order valence-electron chi connectivity index (χ3n) is 5.04. The molecule has 1 saturated heterocycles. The number of rotatable bonds is 0. The first-order chi connectivity index (χ1) is 10.4. The highest BCUT2D eigenvalue weighted by atomic mass is 16.6. The fourth-order valence-corrected chi connectivity index (χ4v) is 4.10. The van der Waals surface area contributed by atoms with E-state index in [4.69, 9.17) is 4.74 Å². The van der Waals surface area contributed by atoms with Gasteiger partial charge in [0.1, 0.15) is 12.2 Å². The Morgan fingerprint density at radius 3 is 2.57 bits per heavy atom. The number of ether oxygens (including phenoxy) is 1. The van der Waals surface area contributed by atoms with Crippen LogP contribution in [0.1, 0.15) is 23.3 Å². The van der Waals surface area contributed by atoms with E-state index in [1.165, 1.54) is 43.4 Å². The van der Waals surface area contributed by atoms with Gasteiger partial charge < -0.3 is 4.74 Å². The van der Waals surface area contributed by atoms with Crippen LogP contribution in [0, 0.1) is 0 Å². The molecule has 0 unspecified atom stereocenters. The topological polar surface area (TPSA) is 12.5 Å². The SMILES string of the molecule is c1cc2c3c(c4ccc5ccccc5c4cc3c1)[C@H]1O[C@@H]21. The van der Waals surface area contributed by atoms with Gasteiger partial charge in [-0.3, -0.25) is 0 Å². The van der Waals surface area contributed by atoms with E-state index in [-0.39, 0.29) is 6.10 Å². The Morgan fingerprint density at radius 1 is 0.667 bits per heavy atom. The van der Waals surface area contributed by atoms with Crippen molar-refractivity contribution in [2.45, 2.75) is 12.2 Å². The van der Waals surface area contributed by atoms with Crippen LogP contribution in [0.15, 0.2) is 60.7 Å². The van der Waals surface area contributed by atoms with Gasteiger partial charge in [-0.15, -0.1) is 0 Å². The molecule has 4 aromatic rings. The molecule has 1 heterocycles. The smallest absolute Gasteiger partial charge is 0.115 e. The summed E-state index contributed by atoms with van der Waals surface area (Å²) in [5, 5.41) is 8.13. The molecule has 1 heteroatoms. The molecule has 0 aromatic heterocycles. The van der Waals surface area contributed by atoms with Crippen molar-refractivity contribution in [2.75, 3.05) is 0 Å². The molecule has 6 rings (SSSR count).